The molecule has 3 aromatic carbocycles. The third-order valence-electron chi connectivity index (χ3n) is 5.52. The van der Waals surface area contributed by atoms with Gasteiger partial charge in [-0.05, 0) is 66.4 Å². The number of hydrogen-bond donors (Lipinski definition) is 0. The fourth-order valence-corrected chi connectivity index (χ4v) is 4.19. The van der Waals surface area contributed by atoms with Crippen molar-refractivity contribution in [3.8, 4) is 11.5 Å². The highest BCUT2D eigenvalue weighted by molar-refractivity contribution is 9.10. The molecule has 5 nitrogen and oxygen atoms in total. The molecule has 164 valence electrons. The van der Waals surface area contributed by atoms with Crippen molar-refractivity contribution in [3.05, 3.63) is 98.9 Å². The number of Topliss-reactive ketones (excluding diaryl/α,β-unsaturated/α-hetero) is 1. The van der Waals surface area contributed by atoms with E-state index in [2.05, 4.69) is 22.9 Å². The van der Waals surface area contributed by atoms with Crippen molar-refractivity contribution in [3.63, 3.8) is 0 Å². The second-order valence-electron chi connectivity index (χ2n) is 7.83. The monoisotopic (exact) mass is 502 g/mol. The molecule has 0 saturated carbocycles. The van der Waals surface area contributed by atoms with Gasteiger partial charge in [-0.15, -0.1) is 0 Å². The zero-order chi connectivity index (χ0) is 23.1. The van der Waals surface area contributed by atoms with E-state index in [1.54, 1.807) is 37.3 Å². The zero-order valence-corrected chi connectivity index (χ0v) is 19.6. The fraction of sp³-hybridized carbons (Fsp3) is 0.111. The van der Waals surface area contributed by atoms with Gasteiger partial charge in [-0.1, -0.05) is 47.1 Å². The summed E-state index contributed by atoms with van der Waals surface area (Å²) in [5.41, 5.74) is 3.83. The summed E-state index contributed by atoms with van der Waals surface area (Å²) in [4.78, 5) is 25.6. The Labute approximate surface area is 198 Å². The quantitative estimate of drug-likeness (QED) is 0.172. The maximum atomic E-state index is 12.9. The smallest absolute Gasteiger partial charge is 0.379 e. The Kier molecular flexibility index (Phi) is 5.38. The average molecular weight is 503 g/mol. The summed E-state index contributed by atoms with van der Waals surface area (Å²) in [7, 11) is 0. The number of aryl methyl sites for hydroxylation is 2. The van der Waals surface area contributed by atoms with Gasteiger partial charge in [0.2, 0.25) is 11.5 Å². The molecule has 33 heavy (non-hydrogen) atoms. The molecular formula is C27H19BrO5. The van der Waals surface area contributed by atoms with E-state index >= 15 is 0 Å². The largest absolute Gasteiger partial charge is 0.452 e. The van der Waals surface area contributed by atoms with Gasteiger partial charge in [0, 0.05) is 15.9 Å². The van der Waals surface area contributed by atoms with E-state index in [4.69, 9.17) is 13.9 Å². The fourth-order valence-electron chi connectivity index (χ4n) is 3.81. The summed E-state index contributed by atoms with van der Waals surface area (Å²) in [5.74, 6) is 0.158. The van der Waals surface area contributed by atoms with Crippen LogP contribution in [0.5, 0.6) is 11.5 Å². The Hall–Kier alpha value is -3.64. The number of furan rings is 1. The Morgan fingerprint density at radius 1 is 1.06 bits per heavy atom. The lowest BCUT2D eigenvalue weighted by Gasteiger charge is -2.06. The molecule has 1 aliphatic rings. The van der Waals surface area contributed by atoms with Crippen LogP contribution in [0.1, 0.15) is 44.5 Å². The summed E-state index contributed by atoms with van der Waals surface area (Å²) in [6.07, 6.45) is 2.67. The normalized spacial score (nSPS) is 13.9. The van der Waals surface area contributed by atoms with E-state index in [9.17, 15) is 9.59 Å². The Morgan fingerprint density at radius 3 is 2.61 bits per heavy atom. The van der Waals surface area contributed by atoms with E-state index < -0.39 is 5.97 Å². The van der Waals surface area contributed by atoms with Gasteiger partial charge in [-0.3, -0.25) is 4.79 Å². The number of halogens is 1. The lowest BCUT2D eigenvalue weighted by molar-refractivity contribution is 0.0703. The molecule has 6 heteroatoms. The zero-order valence-electron chi connectivity index (χ0n) is 18.0. The van der Waals surface area contributed by atoms with E-state index in [0.29, 0.717) is 22.5 Å². The number of esters is 1. The third kappa shape index (κ3) is 4.10. The molecule has 0 saturated heterocycles. The maximum Gasteiger partial charge on any atom is 0.379 e. The molecule has 4 aromatic rings. The first-order valence-electron chi connectivity index (χ1n) is 10.5. The first-order chi connectivity index (χ1) is 15.9. The summed E-state index contributed by atoms with van der Waals surface area (Å²) in [6, 6.07) is 18.3. The topological polar surface area (TPSA) is 65.7 Å². The van der Waals surface area contributed by atoms with E-state index in [-0.39, 0.29) is 23.1 Å². The number of hydrogen-bond acceptors (Lipinski definition) is 5. The van der Waals surface area contributed by atoms with Crippen molar-refractivity contribution in [2.75, 3.05) is 0 Å². The number of ether oxygens (including phenoxy) is 2. The molecule has 0 atom stereocenters. The summed E-state index contributed by atoms with van der Waals surface area (Å²) in [5, 5.41) is 0.789. The number of benzene rings is 3. The van der Waals surface area contributed by atoms with E-state index in [0.717, 1.165) is 21.8 Å². The van der Waals surface area contributed by atoms with Gasteiger partial charge >= 0.3 is 5.97 Å². The minimum atomic E-state index is -0.627. The van der Waals surface area contributed by atoms with Crippen molar-refractivity contribution < 1.29 is 23.5 Å². The van der Waals surface area contributed by atoms with Crippen molar-refractivity contribution in [2.24, 2.45) is 0 Å². The highest BCUT2D eigenvalue weighted by atomic mass is 79.9. The lowest BCUT2D eigenvalue weighted by atomic mass is 10.0. The molecule has 0 spiro atoms. The summed E-state index contributed by atoms with van der Waals surface area (Å²) < 4.78 is 17.9. The van der Waals surface area contributed by atoms with Gasteiger partial charge < -0.3 is 13.9 Å². The average Bonchev–Trinajstić information content (AvgIpc) is 3.35. The molecule has 0 bridgehead atoms. The van der Waals surface area contributed by atoms with Crippen molar-refractivity contribution in [1.82, 2.24) is 0 Å². The Morgan fingerprint density at radius 2 is 1.85 bits per heavy atom. The van der Waals surface area contributed by atoms with Gasteiger partial charge in [0.05, 0.1) is 5.56 Å². The van der Waals surface area contributed by atoms with Crippen molar-refractivity contribution in [1.29, 1.82) is 0 Å². The van der Waals surface area contributed by atoms with Crippen LogP contribution < -0.4 is 9.47 Å². The molecular weight excluding hydrogens is 484 g/mol. The molecule has 0 unspecified atom stereocenters. The van der Waals surface area contributed by atoms with Crippen molar-refractivity contribution >= 4 is 44.7 Å². The Bertz CT molecular complexity index is 1440. The van der Waals surface area contributed by atoms with E-state index in [1.807, 2.05) is 36.4 Å². The predicted octanol–water partition coefficient (Wildman–Crippen LogP) is 6.90. The van der Waals surface area contributed by atoms with Gasteiger partial charge in [0.15, 0.2) is 5.76 Å². The van der Waals surface area contributed by atoms with Crippen LogP contribution in [-0.2, 0) is 6.42 Å². The van der Waals surface area contributed by atoms with Gasteiger partial charge in [0.1, 0.15) is 17.1 Å². The van der Waals surface area contributed by atoms with Crippen LogP contribution in [0.2, 0.25) is 0 Å². The van der Waals surface area contributed by atoms with Crippen LogP contribution in [0.15, 0.2) is 75.3 Å². The molecule has 0 radical (unpaired) electrons. The minimum absolute atomic E-state index is 0.0920. The first-order valence-corrected chi connectivity index (χ1v) is 11.3. The predicted molar refractivity (Wildman–Crippen MR) is 129 cm³/mol. The van der Waals surface area contributed by atoms with Gasteiger partial charge in [-0.2, -0.15) is 0 Å². The number of carbonyl (C=O) groups excluding carboxylic acids is 2. The molecule has 0 aliphatic carbocycles. The van der Waals surface area contributed by atoms with Crippen LogP contribution in [0.25, 0.3) is 17.0 Å². The van der Waals surface area contributed by atoms with Crippen LogP contribution in [0.4, 0.5) is 0 Å². The minimum Gasteiger partial charge on any atom is -0.452 e. The van der Waals surface area contributed by atoms with Gasteiger partial charge in [-0.25, -0.2) is 4.79 Å². The molecule has 5 rings (SSSR count). The number of rotatable bonds is 4. The summed E-state index contributed by atoms with van der Waals surface area (Å²) in [6.45, 7) is 3.88. The highest BCUT2D eigenvalue weighted by Crippen LogP contribution is 2.38. The third-order valence-corrected chi connectivity index (χ3v) is 6.01. The molecule has 0 amide bonds. The molecule has 2 heterocycles. The number of allylic oxidation sites excluding steroid dienone is 1. The summed E-state index contributed by atoms with van der Waals surface area (Å²) >= 11 is 3.40. The SMILES string of the molecule is CCc1ccc(/C=C2\Oc3cc(OC(=O)c4cc5cc(Br)ccc5o4)cc(C)c3C2=O)cc1. The second-order valence-corrected chi connectivity index (χ2v) is 8.75. The van der Waals surface area contributed by atoms with E-state index in [1.165, 1.54) is 5.56 Å². The molecule has 1 aromatic heterocycles. The number of ketones is 1. The standard InChI is InChI=1S/C27H19BrO5/c1-3-16-4-6-17(7-5-16)11-23-26(29)25-15(2)10-20(14-22(25)33-23)31-27(30)24-13-18-12-19(28)8-9-21(18)32-24/h4-14H,3H2,1-2H3/b23-11-. The maximum absolute atomic E-state index is 12.9. The van der Waals surface area contributed by atoms with Crippen LogP contribution in [0, 0.1) is 6.92 Å². The molecule has 0 fully saturated rings. The van der Waals surface area contributed by atoms with Crippen LogP contribution in [-0.4, -0.2) is 11.8 Å². The number of fused-ring (bicyclic) bond motifs is 2. The van der Waals surface area contributed by atoms with Crippen LogP contribution >= 0.6 is 15.9 Å². The first kappa shape index (κ1) is 21.2. The van der Waals surface area contributed by atoms with Crippen LogP contribution in [0.3, 0.4) is 0 Å². The molecule has 0 N–H and O–H groups in total. The lowest BCUT2D eigenvalue weighted by Crippen LogP contribution is -2.07. The van der Waals surface area contributed by atoms with Gasteiger partial charge in [0.25, 0.3) is 0 Å². The van der Waals surface area contributed by atoms with Crippen molar-refractivity contribution in [2.45, 2.75) is 20.3 Å². The number of carbonyl (C=O) groups is 2. The highest BCUT2D eigenvalue weighted by Gasteiger charge is 2.30. The Balaban J connectivity index is 1.39. The second kappa shape index (κ2) is 8.37. The molecule has 1 aliphatic heterocycles.